The number of carboxylic acid groups (broad SMARTS) is 1. The Morgan fingerprint density at radius 2 is 1.68 bits per heavy atom. The van der Waals surface area contributed by atoms with Gasteiger partial charge in [-0.1, -0.05) is 48.9 Å². The van der Waals surface area contributed by atoms with Gasteiger partial charge in [-0.15, -0.1) is 0 Å². The molecule has 0 bridgehead atoms. The van der Waals surface area contributed by atoms with Gasteiger partial charge in [-0.05, 0) is 55.4 Å². The van der Waals surface area contributed by atoms with Gasteiger partial charge in [0.15, 0.2) is 0 Å². The van der Waals surface area contributed by atoms with Crippen molar-refractivity contribution in [1.82, 2.24) is 4.90 Å². The second-order valence-electron chi connectivity index (χ2n) is 8.73. The van der Waals surface area contributed by atoms with Gasteiger partial charge in [-0.3, -0.25) is 14.5 Å². The molecule has 0 radical (unpaired) electrons. The van der Waals surface area contributed by atoms with E-state index >= 15 is 0 Å². The van der Waals surface area contributed by atoms with Gasteiger partial charge >= 0.3 is 5.97 Å². The molecular formula is C26H32N2O3. The Morgan fingerprint density at radius 3 is 2.48 bits per heavy atom. The molecule has 2 aliphatic heterocycles. The first-order chi connectivity index (χ1) is 15.1. The number of amides is 1. The third-order valence-corrected chi connectivity index (χ3v) is 6.72. The van der Waals surface area contributed by atoms with Crippen LogP contribution in [0.5, 0.6) is 0 Å². The number of unbranched alkanes of at least 4 members (excludes halogenated alkanes) is 2. The number of nitrogens with zero attached hydrogens (tertiary/aromatic N) is 2. The highest BCUT2D eigenvalue weighted by atomic mass is 16.4. The van der Waals surface area contributed by atoms with E-state index in [4.69, 9.17) is 5.11 Å². The van der Waals surface area contributed by atoms with Crippen LogP contribution in [0.2, 0.25) is 0 Å². The van der Waals surface area contributed by atoms with Crippen LogP contribution in [-0.4, -0.2) is 41.0 Å². The minimum Gasteiger partial charge on any atom is -0.481 e. The molecule has 5 heteroatoms. The maximum Gasteiger partial charge on any atom is 0.303 e. The standard InChI is InChI=1S/C26H32N2O3/c29-25(13-5-2-6-14-26(30)31)28(21-10-3-1-4-11-21)22-16-18-27-17-15-20-9-7-8-12-23(20)24(27)19-22/h1,3-4,7-12,22,24H,2,5-6,13-19H2,(H,30,31). The maximum absolute atomic E-state index is 13.3. The molecule has 2 atom stereocenters. The zero-order valence-electron chi connectivity index (χ0n) is 18.1. The maximum atomic E-state index is 13.3. The number of carboxylic acids is 1. The third kappa shape index (κ3) is 5.16. The summed E-state index contributed by atoms with van der Waals surface area (Å²) in [6.45, 7) is 2.11. The first-order valence-electron chi connectivity index (χ1n) is 11.5. The van der Waals surface area contributed by atoms with Crippen molar-refractivity contribution in [1.29, 1.82) is 0 Å². The summed E-state index contributed by atoms with van der Waals surface area (Å²) in [6.07, 6.45) is 5.83. The molecule has 1 saturated heterocycles. The normalized spacial score (nSPS) is 20.5. The lowest BCUT2D eigenvalue weighted by Crippen LogP contribution is -2.50. The minimum atomic E-state index is -0.767. The number of piperidine rings is 1. The molecule has 5 nitrogen and oxygen atoms in total. The molecule has 1 amide bonds. The number of aliphatic carboxylic acids is 1. The SMILES string of the molecule is O=C(O)CCCCCC(=O)N(c1ccccc1)C1CCN2CCc3ccccc3C2C1. The highest BCUT2D eigenvalue weighted by Crippen LogP contribution is 2.39. The number of anilines is 1. The average Bonchev–Trinajstić information content (AvgIpc) is 2.79. The Morgan fingerprint density at radius 1 is 0.935 bits per heavy atom. The van der Waals surface area contributed by atoms with E-state index in [0.717, 1.165) is 50.9 Å². The van der Waals surface area contributed by atoms with Gasteiger partial charge in [0.1, 0.15) is 0 Å². The van der Waals surface area contributed by atoms with Crippen LogP contribution in [0.25, 0.3) is 0 Å². The molecule has 2 aromatic rings. The van der Waals surface area contributed by atoms with Crippen molar-refractivity contribution < 1.29 is 14.7 Å². The topological polar surface area (TPSA) is 60.9 Å². The molecule has 1 N–H and O–H groups in total. The van der Waals surface area contributed by atoms with Gasteiger partial charge in [-0.2, -0.15) is 0 Å². The molecule has 2 heterocycles. The zero-order chi connectivity index (χ0) is 21.6. The quantitative estimate of drug-likeness (QED) is 0.622. The van der Waals surface area contributed by atoms with Crippen LogP contribution in [0.3, 0.4) is 0 Å². The van der Waals surface area contributed by atoms with E-state index in [1.165, 1.54) is 11.1 Å². The summed E-state index contributed by atoms with van der Waals surface area (Å²) < 4.78 is 0. The second kappa shape index (κ2) is 10.1. The van der Waals surface area contributed by atoms with Crippen LogP contribution in [0.1, 0.15) is 62.1 Å². The van der Waals surface area contributed by atoms with Crippen LogP contribution < -0.4 is 4.90 Å². The first kappa shape index (κ1) is 21.6. The Kier molecular flexibility index (Phi) is 7.03. The van der Waals surface area contributed by atoms with E-state index in [9.17, 15) is 9.59 Å². The first-order valence-corrected chi connectivity index (χ1v) is 11.5. The number of fused-ring (bicyclic) bond motifs is 3. The van der Waals surface area contributed by atoms with Gasteiger partial charge < -0.3 is 10.0 Å². The summed E-state index contributed by atoms with van der Waals surface area (Å²) in [6, 6.07) is 19.3. The van der Waals surface area contributed by atoms with E-state index in [-0.39, 0.29) is 18.4 Å². The number of hydrogen-bond donors (Lipinski definition) is 1. The summed E-state index contributed by atoms with van der Waals surface area (Å²) in [5, 5.41) is 8.81. The number of hydrogen-bond acceptors (Lipinski definition) is 3. The lowest BCUT2D eigenvalue weighted by molar-refractivity contribution is -0.137. The molecule has 0 saturated carbocycles. The van der Waals surface area contributed by atoms with Gasteiger partial charge in [0.05, 0.1) is 0 Å². The Hall–Kier alpha value is -2.66. The van der Waals surface area contributed by atoms with E-state index < -0.39 is 5.97 Å². The summed E-state index contributed by atoms with van der Waals surface area (Å²) in [7, 11) is 0. The largest absolute Gasteiger partial charge is 0.481 e. The van der Waals surface area contributed by atoms with E-state index in [2.05, 4.69) is 29.2 Å². The predicted molar refractivity (Wildman–Crippen MR) is 122 cm³/mol. The van der Waals surface area contributed by atoms with Crippen LogP contribution in [-0.2, 0) is 16.0 Å². The fourth-order valence-electron chi connectivity index (χ4n) is 5.17. The molecule has 0 spiro atoms. The average molecular weight is 421 g/mol. The number of carbonyl (C=O) groups is 2. The van der Waals surface area contributed by atoms with Gasteiger partial charge in [0.2, 0.25) is 5.91 Å². The zero-order valence-corrected chi connectivity index (χ0v) is 18.1. The third-order valence-electron chi connectivity index (χ3n) is 6.72. The second-order valence-corrected chi connectivity index (χ2v) is 8.73. The van der Waals surface area contributed by atoms with Crippen LogP contribution in [0.15, 0.2) is 54.6 Å². The summed E-state index contributed by atoms with van der Waals surface area (Å²) >= 11 is 0. The van der Waals surface area contributed by atoms with Gasteiger partial charge in [0, 0.05) is 43.7 Å². The lowest BCUT2D eigenvalue weighted by atomic mass is 9.84. The summed E-state index contributed by atoms with van der Waals surface area (Å²) in [5.74, 6) is -0.610. The monoisotopic (exact) mass is 420 g/mol. The molecular weight excluding hydrogens is 388 g/mol. The lowest BCUT2D eigenvalue weighted by Gasteiger charge is -2.46. The van der Waals surface area contributed by atoms with Crippen LogP contribution in [0, 0.1) is 0 Å². The molecule has 31 heavy (non-hydrogen) atoms. The molecule has 2 aromatic carbocycles. The van der Waals surface area contributed by atoms with E-state index in [0.29, 0.717) is 18.9 Å². The minimum absolute atomic E-state index is 0.157. The van der Waals surface area contributed by atoms with Crippen molar-refractivity contribution in [2.24, 2.45) is 0 Å². The van der Waals surface area contributed by atoms with Crippen molar-refractivity contribution in [3.63, 3.8) is 0 Å². The van der Waals surface area contributed by atoms with Gasteiger partial charge in [-0.25, -0.2) is 0 Å². The fraction of sp³-hybridized carbons (Fsp3) is 0.462. The van der Waals surface area contributed by atoms with Crippen molar-refractivity contribution >= 4 is 17.6 Å². The Balaban J connectivity index is 1.49. The molecule has 1 fully saturated rings. The summed E-state index contributed by atoms with van der Waals surface area (Å²) in [5.41, 5.74) is 3.84. The van der Waals surface area contributed by atoms with Gasteiger partial charge in [0.25, 0.3) is 0 Å². The smallest absolute Gasteiger partial charge is 0.303 e. The Labute approximate surface area is 184 Å². The van der Waals surface area contributed by atoms with E-state index in [1.54, 1.807) is 0 Å². The highest BCUT2D eigenvalue weighted by molar-refractivity contribution is 5.94. The number of rotatable bonds is 8. The molecule has 4 rings (SSSR count). The van der Waals surface area contributed by atoms with Crippen molar-refractivity contribution in [2.45, 2.75) is 63.5 Å². The van der Waals surface area contributed by atoms with Crippen molar-refractivity contribution in [3.05, 3.63) is 65.7 Å². The van der Waals surface area contributed by atoms with Crippen LogP contribution in [0.4, 0.5) is 5.69 Å². The molecule has 0 aliphatic carbocycles. The number of benzene rings is 2. The summed E-state index contributed by atoms with van der Waals surface area (Å²) in [4.78, 5) is 28.7. The number of para-hydroxylation sites is 1. The van der Waals surface area contributed by atoms with Crippen molar-refractivity contribution in [2.75, 3.05) is 18.0 Å². The van der Waals surface area contributed by atoms with E-state index in [1.807, 2.05) is 35.2 Å². The highest BCUT2D eigenvalue weighted by Gasteiger charge is 2.37. The molecule has 0 aromatic heterocycles. The molecule has 2 unspecified atom stereocenters. The number of carbonyl (C=O) groups excluding carboxylic acids is 1. The fourth-order valence-corrected chi connectivity index (χ4v) is 5.17. The van der Waals surface area contributed by atoms with Crippen molar-refractivity contribution in [3.8, 4) is 0 Å². The van der Waals surface area contributed by atoms with Crippen LogP contribution >= 0.6 is 0 Å². The molecule has 2 aliphatic rings. The predicted octanol–water partition coefficient (Wildman–Crippen LogP) is 4.82. The Bertz CT molecular complexity index is 899. The molecule has 164 valence electrons.